The molecule has 1 aromatic carbocycles. The summed E-state index contributed by atoms with van der Waals surface area (Å²) in [7, 11) is 0. The number of nitrogens with one attached hydrogen (secondary N) is 1. The van der Waals surface area contributed by atoms with E-state index in [0.717, 1.165) is 30.3 Å². The third-order valence-corrected chi connectivity index (χ3v) is 4.39. The van der Waals surface area contributed by atoms with Crippen molar-refractivity contribution in [1.82, 2.24) is 15.0 Å². The number of aromatic nitrogens is 3. The lowest BCUT2D eigenvalue weighted by molar-refractivity contribution is 0.460. The molecule has 1 aliphatic rings. The average molecular weight is 365 g/mol. The van der Waals surface area contributed by atoms with E-state index in [9.17, 15) is 4.39 Å². The van der Waals surface area contributed by atoms with Crippen LogP contribution in [0.15, 0.2) is 55.0 Å². The lowest BCUT2D eigenvalue weighted by Crippen LogP contribution is -2.19. The Morgan fingerprint density at radius 3 is 2.63 bits per heavy atom. The highest BCUT2D eigenvalue weighted by molar-refractivity contribution is 5.49. The van der Waals surface area contributed by atoms with Gasteiger partial charge in [-0.3, -0.25) is 0 Å². The van der Waals surface area contributed by atoms with Crippen molar-refractivity contribution in [1.29, 1.82) is 0 Å². The molecule has 0 spiro atoms. The minimum atomic E-state index is -0.300. The summed E-state index contributed by atoms with van der Waals surface area (Å²) in [4.78, 5) is 15.1. The van der Waals surface area contributed by atoms with Crippen molar-refractivity contribution < 1.29 is 9.13 Å². The van der Waals surface area contributed by atoms with Crippen molar-refractivity contribution in [2.24, 2.45) is 0 Å². The van der Waals surface area contributed by atoms with Gasteiger partial charge >= 0.3 is 0 Å². The van der Waals surface area contributed by atoms with Gasteiger partial charge in [-0.2, -0.15) is 0 Å². The number of nitrogens with zero attached hydrogens (tertiary/aromatic N) is 4. The molecule has 0 unspecified atom stereocenters. The first-order chi connectivity index (χ1) is 13.3. The Labute approximate surface area is 157 Å². The summed E-state index contributed by atoms with van der Waals surface area (Å²) in [6.45, 7) is 2.68. The second-order valence-corrected chi connectivity index (χ2v) is 6.37. The van der Waals surface area contributed by atoms with E-state index in [-0.39, 0.29) is 5.82 Å². The van der Waals surface area contributed by atoms with Crippen LogP contribution >= 0.6 is 0 Å². The Morgan fingerprint density at radius 1 is 1.00 bits per heavy atom. The minimum Gasteiger partial charge on any atom is -0.439 e. The van der Waals surface area contributed by atoms with Crippen LogP contribution in [0.25, 0.3) is 0 Å². The van der Waals surface area contributed by atoms with E-state index in [0.29, 0.717) is 18.2 Å². The summed E-state index contributed by atoms with van der Waals surface area (Å²) in [6, 6.07) is 11.6. The number of anilines is 2. The van der Waals surface area contributed by atoms with E-state index in [1.54, 1.807) is 24.7 Å². The predicted octanol–water partition coefficient (Wildman–Crippen LogP) is 4.02. The van der Waals surface area contributed by atoms with Gasteiger partial charge in [-0.1, -0.05) is 0 Å². The Morgan fingerprint density at radius 2 is 1.81 bits per heavy atom. The molecule has 0 bridgehead atoms. The SMILES string of the molecule is Fc1ccc(Oc2cc(CNc3cc(N4CCCC4)ncn3)ccn2)cc1. The molecule has 3 aromatic rings. The van der Waals surface area contributed by atoms with Gasteiger partial charge in [0.2, 0.25) is 5.88 Å². The Bertz CT molecular complexity index is 897. The summed E-state index contributed by atoms with van der Waals surface area (Å²) in [6.07, 6.45) is 5.69. The van der Waals surface area contributed by atoms with E-state index in [4.69, 9.17) is 4.74 Å². The summed E-state index contributed by atoms with van der Waals surface area (Å²) in [5.41, 5.74) is 1.00. The fraction of sp³-hybridized carbons (Fsp3) is 0.250. The smallest absolute Gasteiger partial charge is 0.219 e. The molecule has 27 heavy (non-hydrogen) atoms. The third-order valence-electron chi connectivity index (χ3n) is 4.39. The molecule has 1 fully saturated rings. The van der Waals surface area contributed by atoms with Crippen molar-refractivity contribution in [3.63, 3.8) is 0 Å². The number of hydrogen-bond donors (Lipinski definition) is 1. The van der Waals surface area contributed by atoms with Crippen LogP contribution in [0.1, 0.15) is 18.4 Å². The Balaban J connectivity index is 1.40. The molecule has 138 valence electrons. The van der Waals surface area contributed by atoms with Crippen molar-refractivity contribution in [3.05, 3.63) is 66.4 Å². The quantitative estimate of drug-likeness (QED) is 0.712. The van der Waals surface area contributed by atoms with Gasteiger partial charge < -0.3 is 15.0 Å². The zero-order valence-electron chi connectivity index (χ0n) is 14.8. The van der Waals surface area contributed by atoms with E-state index >= 15 is 0 Å². The number of benzene rings is 1. The molecular formula is C20H20FN5O. The largest absolute Gasteiger partial charge is 0.439 e. The second kappa shape index (κ2) is 7.99. The van der Waals surface area contributed by atoms with Gasteiger partial charge in [0, 0.05) is 38.0 Å². The second-order valence-electron chi connectivity index (χ2n) is 6.37. The summed E-state index contributed by atoms with van der Waals surface area (Å²) >= 11 is 0. The van der Waals surface area contributed by atoms with Gasteiger partial charge in [-0.25, -0.2) is 19.3 Å². The third kappa shape index (κ3) is 4.49. The van der Waals surface area contributed by atoms with Crippen molar-refractivity contribution in [3.8, 4) is 11.6 Å². The van der Waals surface area contributed by atoms with E-state index in [1.165, 1.54) is 25.0 Å². The van der Waals surface area contributed by atoms with Gasteiger partial charge in [-0.15, -0.1) is 0 Å². The molecule has 0 atom stereocenters. The molecule has 2 aromatic heterocycles. The first kappa shape index (κ1) is 17.2. The maximum Gasteiger partial charge on any atom is 0.219 e. The topological polar surface area (TPSA) is 63.2 Å². The van der Waals surface area contributed by atoms with Gasteiger partial charge in [0.1, 0.15) is 29.5 Å². The van der Waals surface area contributed by atoms with Crippen LogP contribution in [0.5, 0.6) is 11.6 Å². The number of halogens is 1. The van der Waals surface area contributed by atoms with Gasteiger partial charge in [-0.05, 0) is 48.7 Å². The van der Waals surface area contributed by atoms with Crippen LogP contribution in [0, 0.1) is 5.82 Å². The van der Waals surface area contributed by atoms with Gasteiger partial charge in [0.05, 0.1) is 0 Å². The van der Waals surface area contributed by atoms with Gasteiger partial charge in [0.15, 0.2) is 0 Å². The maximum absolute atomic E-state index is 13.0. The molecule has 6 nitrogen and oxygen atoms in total. The molecule has 7 heteroatoms. The van der Waals surface area contributed by atoms with Crippen LogP contribution in [0.4, 0.5) is 16.0 Å². The minimum absolute atomic E-state index is 0.300. The molecule has 3 heterocycles. The molecule has 1 aliphatic heterocycles. The predicted molar refractivity (Wildman–Crippen MR) is 102 cm³/mol. The first-order valence-corrected chi connectivity index (χ1v) is 8.95. The zero-order valence-corrected chi connectivity index (χ0v) is 14.8. The lowest BCUT2D eigenvalue weighted by atomic mass is 10.2. The normalized spacial score (nSPS) is 13.6. The molecule has 0 radical (unpaired) electrons. The van der Waals surface area contributed by atoms with Crippen molar-refractivity contribution in [2.45, 2.75) is 19.4 Å². The van der Waals surface area contributed by atoms with E-state index in [1.807, 2.05) is 18.2 Å². The molecule has 1 N–H and O–H groups in total. The summed E-state index contributed by atoms with van der Waals surface area (Å²) < 4.78 is 18.7. The molecule has 0 saturated carbocycles. The van der Waals surface area contributed by atoms with E-state index in [2.05, 4.69) is 25.2 Å². The van der Waals surface area contributed by atoms with Gasteiger partial charge in [0.25, 0.3) is 0 Å². The van der Waals surface area contributed by atoms with Crippen LogP contribution in [0.3, 0.4) is 0 Å². The maximum atomic E-state index is 13.0. The van der Waals surface area contributed by atoms with Crippen molar-refractivity contribution >= 4 is 11.6 Å². The number of hydrogen-bond acceptors (Lipinski definition) is 6. The Kier molecular flexibility index (Phi) is 5.09. The van der Waals surface area contributed by atoms with Crippen molar-refractivity contribution in [2.75, 3.05) is 23.3 Å². The highest BCUT2D eigenvalue weighted by Crippen LogP contribution is 2.22. The summed E-state index contributed by atoms with van der Waals surface area (Å²) in [5.74, 6) is 2.44. The zero-order chi connectivity index (χ0) is 18.5. The number of ether oxygens (including phenoxy) is 1. The van der Waals surface area contributed by atoms with Crippen LogP contribution in [-0.4, -0.2) is 28.0 Å². The number of pyridine rings is 1. The molecule has 1 saturated heterocycles. The van der Waals surface area contributed by atoms with Crippen LogP contribution < -0.4 is 15.0 Å². The highest BCUT2D eigenvalue weighted by Gasteiger charge is 2.14. The molecule has 0 aliphatic carbocycles. The molecule has 4 rings (SSSR count). The fourth-order valence-electron chi connectivity index (χ4n) is 3.00. The average Bonchev–Trinajstić information content (AvgIpc) is 3.24. The molecular weight excluding hydrogens is 345 g/mol. The molecule has 0 amide bonds. The Hall–Kier alpha value is -3.22. The highest BCUT2D eigenvalue weighted by atomic mass is 19.1. The number of rotatable bonds is 6. The van der Waals surface area contributed by atoms with Crippen LogP contribution in [0.2, 0.25) is 0 Å². The van der Waals surface area contributed by atoms with E-state index < -0.39 is 0 Å². The lowest BCUT2D eigenvalue weighted by Gasteiger charge is -2.16. The summed E-state index contributed by atoms with van der Waals surface area (Å²) in [5, 5.41) is 3.31. The standard InChI is InChI=1S/C20H20FN5O/c21-16-3-5-17(6-4-16)27-20-11-15(7-8-22-20)13-23-18-12-19(25-14-24-18)26-9-1-2-10-26/h3-8,11-12,14H,1-2,9-10,13H2,(H,23,24,25). The first-order valence-electron chi connectivity index (χ1n) is 8.95. The van der Waals surface area contributed by atoms with Crippen LogP contribution in [-0.2, 0) is 6.54 Å². The fourth-order valence-corrected chi connectivity index (χ4v) is 3.00. The monoisotopic (exact) mass is 365 g/mol.